The van der Waals surface area contributed by atoms with E-state index in [4.69, 9.17) is 9.84 Å². The number of amides is 1. The average molecular weight is 277 g/mol. The van der Waals surface area contributed by atoms with Crippen molar-refractivity contribution in [2.24, 2.45) is 0 Å². The molecule has 0 aliphatic rings. The van der Waals surface area contributed by atoms with Crippen molar-refractivity contribution in [3.63, 3.8) is 0 Å². The quantitative estimate of drug-likeness (QED) is 0.565. The van der Waals surface area contributed by atoms with E-state index < -0.39 is 5.97 Å². The lowest BCUT2D eigenvalue weighted by Gasteiger charge is -2.08. The monoisotopic (exact) mass is 277 g/mol. The lowest BCUT2D eigenvalue weighted by Crippen LogP contribution is -2.13. The number of carboxylic acids is 1. The Labute approximate surface area is 118 Å². The van der Waals surface area contributed by atoms with Crippen molar-refractivity contribution in [3.05, 3.63) is 42.0 Å². The minimum atomic E-state index is -0.972. The summed E-state index contributed by atoms with van der Waals surface area (Å²) < 4.78 is 5.18. The molecule has 5 nitrogen and oxygen atoms in total. The lowest BCUT2D eigenvalue weighted by atomic mass is 10.1. The van der Waals surface area contributed by atoms with E-state index in [1.807, 2.05) is 0 Å². The number of aromatic carboxylic acids is 1. The number of nitrogens with one attached hydrogen (secondary N) is 1. The lowest BCUT2D eigenvalue weighted by molar-refractivity contribution is -0.116. The molecule has 0 saturated carbocycles. The minimum absolute atomic E-state index is 0.116. The summed E-state index contributed by atoms with van der Waals surface area (Å²) in [5, 5.41) is 11.6. The van der Waals surface area contributed by atoms with Gasteiger partial charge in [-0.25, -0.2) is 4.79 Å². The van der Waals surface area contributed by atoms with E-state index in [1.54, 1.807) is 25.1 Å². The SMILES string of the molecule is C=CCOCCCC(=O)Nc1ccc(C(=O)O)c(C)c1. The molecule has 0 fully saturated rings. The van der Waals surface area contributed by atoms with Crippen molar-refractivity contribution in [1.82, 2.24) is 0 Å². The molecule has 0 unspecified atom stereocenters. The Hall–Kier alpha value is -2.14. The first-order chi connectivity index (χ1) is 9.54. The highest BCUT2D eigenvalue weighted by Crippen LogP contribution is 2.15. The van der Waals surface area contributed by atoms with Gasteiger partial charge in [-0.1, -0.05) is 6.08 Å². The number of carbonyl (C=O) groups is 2. The molecule has 1 rings (SSSR count). The number of ether oxygens (including phenoxy) is 1. The summed E-state index contributed by atoms with van der Waals surface area (Å²) in [6.45, 7) is 6.22. The Morgan fingerprint density at radius 1 is 1.45 bits per heavy atom. The van der Waals surface area contributed by atoms with E-state index in [-0.39, 0.29) is 11.5 Å². The highest BCUT2D eigenvalue weighted by atomic mass is 16.5. The molecule has 0 aliphatic heterocycles. The number of anilines is 1. The molecule has 5 heteroatoms. The predicted molar refractivity (Wildman–Crippen MR) is 77.0 cm³/mol. The fraction of sp³-hybridized carbons (Fsp3) is 0.333. The average Bonchev–Trinajstić information content (AvgIpc) is 2.38. The number of rotatable bonds is 8. The Balaban J connectivity index is 2.44. The Bertz CT molecular complexity index is 497. The van der Waals surface area contributed by atoms with Gasteiger partial charge in [-0.2, -0.15) is 0 Å². The first kappa shape index (κ1) is 15.9. The predicted octanol–water partition coefficient (Wildman–Crippen LogP) is 2.61. The first-order valence-electron chi connectivity index (χ1n) is 6.37. The molecular formula is C15H19NO4. The van der Waals surface area contributed by atoms with Crippen LogP contribution in [0.25, 0.3) is 0 Å². The summed E-state index contributed by atoms with van der Waals surface area (Å²) in [6, 6.07) is 4.72. The second kappa shape index (κ2) is 8.12. The third-order valence-corrected chi connectivity index (χ3v) is 2.67. The molecule has 2 N–H and O–H groups in total. The molecule has 0 aliphatic carbocycles. The molecule has 108 valence electrons. The standard InChI is InChI=1S/C15H19NO4/c1-3-8-20-9-4-5-14(17)16-12-6-7-13(15(18)19)11(2)10-12/h3,6-7,10H,1,4-5,8-9H2,2H3,(H,16,17)(H,18,19). The van der Waals surface area contributed by atoms with E-state index in [1.165, 1.54) is 6.07 Å². The number of hydrogen-bond acceptors (Lipinski definition) is 3. The van der Waals surface area contributed by atoms with Gasteiger partial charge in [0.05, 0.1) is 12.2 Å². The van der Waals surface area contributed by atoms with Gasteiger partial charge in [0.2, 0.25) is 5.91 Å². The van der Waals surface area contributed by atoms with Crippen LogP contribution < -0.4 is 5.32 Å². The maximum Gasteiger partial charge on any atom is 0.335 e. The topological polar surface area (TPSA) is 75.6 Å². The van der Waals surface area contributed by atoms with Crippen LogP contribution in [0.5, 0.6) is 0 Å². The molecule has 0 spiro atoms. The number of aryl methyl sites for hydroxylation is 1. The summed E-state index contributed by atoms with van der Waals surface area (Å²) >= 11 is 0. The van der Waals surface area contributed by atoms with E-state index >= 15 is 0 Å². The Kier molecular flexibility index (Phi) is 6.46. The molecule has 1 amide bonds. The van der Waals surface area contributed by atoms with E-state index in [0.29, 0.717) is 37.3 Å². The number of carboxylic acid groups (broad SMARTS) is 1. The zero-order valence-corrected chi connectivity index (χ0v) is 11.5. The summed E-state index contributed by atoms with van der Waals surface area (Å²) in [5.74, 6) is -1.09. The van der Waals surface area contributed by atoms with Crippen molar-refractivity contribution in [3.8, 4) is 0 Å². The van der Waals surface area contributed by atoms with Gasteiger partial charge in [0, 0.05) is 18.7 Å². The maximum atomic E-state index is 11.7. The molecule has 0 saturated heterocycles. The van der Waals surface area contributed by atoms with Crippen LogP contribution in [0.15, 0.2) is 30.9 Å². The smallest absolute Gasteiger partial charge is 0.335 e. The van der Waals surface area contributed by atoms with Crippen molar-refractivity contribution in [2.75, 3.05) is 18.5 Å². The maximum absolute atomic E-state index is 11.7. The second-order valence-electron chi connectivity index (χ2n) is 4.35. The molecule has 0 bridgehead atoms. The molecule has 0 heterocycles. The van der Waals surface area contributed by atoms with Crippen molar-refractivity contribution in [2.45, 2.75) is 19.8 Å². The van der Waals surface area contributed by atoms with Crippen molar-refractivity contribution >= 4 is 17.6 Å². The van der Waals surface area contributed by atoms with Crippen LogP contribution in [-0.2, 0) is 9.53 Å². The van der Waals surface area contributed by atoms with Gasteiger partial charge in [-0.3, -0.25) is 4.79 Å². The fourth-order valence-electron chi connectivity index (χ4n) is 1.71. The van der Waals surface area contributed by atoms with Crippen molar-refractivity contribution < 1.29 is 19.4 Å². The largest absolute Gasteiger partial charge is 0.478 e. The molecule has 1 aromatic rings. The van der Waals surface area contributed by atoms with Crippen LogP contribution in [-0.4, -0.2) is 30.2 Å². The molecule has 0 radical (unpaired) electrons. The summed E-state index contributed by atoms with van der Waals surface area (Å²) in [5.41, 5.74) is 1.45. The van der Waals surface area contributed by atoms with E-state index in [0.717, 1.165) is 0 Å². The number of carbonyl (C=O) groups excluding carboxylic acids is 1. The van der Waals surface area contributed by atoms with Gasteiger partial charge in [0.15, 0.2) is 0 Å². The third kappa shape index (κ3) is 5.24. The molecule has 1 aromatic carbocycles. The second-order valence-corrected chi connectivity index (χ2v) is 4.35. The number of hydrogen-bond donors (Lipinski definition) is 2. The van der Waals surface area contributed by atoms with E-state index in [9.17, 15) is 9.59 Å². The van der Waals surface area contributed by atoms with Crippen LogP contribution >= 0.6 is 0 Å². The van der Waals surface area contributed by atoms with Crippen LogP contribution in [0.1, 0.15) is 28.8 Å². The van der Waals surface area contributed by atoms with Gasteiger partial charge < -0.3 is 15.2 Å². The first-order valence-corrected chi connectivity index (χ1v) is 6.37. The van der Waals surface area contributed by atoms with Crippen LogP contribution in [0.4, 0.5) is 5.69 Å². The van der Waals surface area contributed by atoms with Gasteiger partial charge in [0.1, 0.15) is 0 Å². The zero-order valence-electron chi connectivity index (χ0n) is 11.5. The van der Waals surface area contributed by atoms with Crippen molar-refractivity contribution in [1.29, 1.82) is 0 Å². The molecule has 0 atom stereocenters. The van der Waals surface area contributed by atoms with Crippen LogP contribution in [0.2, 0.25) is 0 Å². The van der Waals surface area contributed by atoms with Gasteiger partial charge in [-0.05, 0) is 37.1 Å². The van der Waals surface area contributed by atoms with Gasteiger partial charge in [-0.15, -0.1) is 6.58 Å². The summed E-state index contributed by atoms with van der Waals surface area (Å²) in [6.07, 6.45) is 2.65. The fourth-order valence-corrected chi connectivity index (χ4v) is 1.71. The highest BCUT2D eigenvalue weighted by Gasteiger charge is 2.08. The van der Waals surface area contributed by atoms with E-state index in [2.05, 4.69) is 11.9 Å². The zero-order chi connectivity index (χ0) is 15.0. The van der Waals surface area contributed by atoms with Crippen LogP contribution in [0, 0.1) is 6.92 Å². The summed E-state index contributed by atoms with van der Waals surface area (Å²) in [4.78, 5) is 22.5. The number of benzene rings is 1. The summed E-state index contributed by atoms with van der Waals surface area (Å²) in [7, 11) is 0. The Morgan fingerprint density at radius 2 is 2.20 bits per heavy atom. The molecule has 20 heavy (non-hydrogen) atoms. The van der Waals surface area contributed by atoms with Gasteiger partial charge in [0.25, 0.3) is 0 Å². The minimum Gasteiger partial charge on any atom is -0.478 e. The molecule has 0 aromatic heterocycles. The van der Waals surface area contributed by atoms with Gasteiger partial charge >= 0.3 is 5.97 Å². The highest BCUT2D eigenvalue weighted by molar-refractivity contribution is 5.93. The molecular weight excluding hydrogens is 258 g/mol. The normalized spacial score (nSPS) is 10.1. The third-order valence-electron chi connectivity index (χ3n) is 2.67. The van der Waals surface area contributed by atoms with Crippen LogP contribution in [0.3, 0.4) is 0 Å². The Morgan fingerprint density at radius 3 is 2.80 bits per heavy atom.